The van der Waals surface area contributed by atoms with Gasteiger partial charge in [0, 0.05) is 36.7 Å². The number of fused-ring (bicyclic) bond motifs is 1. The van der Waals surface area contributed by atoms with Gasteiger partial charge in [0.05, 0.1) is 5.92 Å². The number of aromatic hydroxyl groups is 1. The smallest absolute Gasteiger partial charge is 0.336 e. The first-order valence-electron chi connectivity index (χ1n) is 9.76. The lowest BCUT2D eigenvalue weighted by molar-refractivity contribution is -0.126. The number of nitrogens with zero attached hydrogens (tertiary/aromatic N) is 1. The van der Waals surface area contributed by atoms with Crippen LogP contribution in [0.4, 0.5) is 0 Å². The number of phenolic OH excluding ortho intramolecular Hbond substituents is 1. The zero-order valence-corrected chi connectivity index (χ0v) is 15.7. The van der Waals surface area contributed by atoms with Crippen molar-refractivity contribution in [3.8, 4) is 5.75 Å². The van der Waals surface area contributed by atoms with E-state index >= 15 is 0 Å². The van der Waals surface area contributed by atoms with Crippen LogP contribution < -0.4 is 10.9 Å². The van der Waals surface area contributed by atoms with E-state index in [9.17, 15) is 14.7 Å². The Morgan fingerprint density at radius 3 is 2.93 bits per heavy atom. The van der Waals surface area contributed by atoms with E-state index in [1.165, 1.54) is 18.9 Å². The van der Waals surface area contributed by atoms with Gasteiger partial charge in [-0.2, -0.15) is 0 Å². The predicted molar refractivity (Wildman–Crippen MR) is 103 cm³/mol. The molecule has 1 unspecified atom stereocenters. The minimum absolute atomic E-state index is 0.00895. The molecule has 4 rings (SSSR count). The molecule has 6 nitrogen and oxygen atoms in total. The fourth-order valence-electron chi connectivity index (χ4n) is 3.91. The van der Waals surface area contributed by atoms with Gasteiger partial charge in [-0.15, -0.1) is 0 Å². The van der Waals surface area contributed by atoms with E-state index < -0.39 is 5.63 Å². The van der Waals surface area contributed by atoms with Gasteiger partial charge in [0.1, 0.15) is 11.3 Å². The van der Waals surface area contributed by atoms with Crippen LogP contribution in [0.15, 0.2) is 27.4 Å². The lowest BCUT2D eigenvalue weighted by atomic mass is 9.96. The number of aryl methyl sites for hydroxylation is 1. The number of hydrogen-bond acceptors (Lipinski definition) is 5. The van der Waals surface area contributed by atoms with Crippen LogP contribution in [0.2, 0.25) is 0 Å². The molecule has 2 aliphatic rings. The van der Waals surface area contributed by atoms with E-state index in [1.807, 2.05) is 0 Å². The minimum atomic E-state index is -0.415. The summed E-state index contributed by atoms with van der Waals surface area (Å²) in [5.41, 5.74) is 1.47. The van der Waals surface area contributed by atoms with Crippen LogP contribution in [-0.2, 0) is 11.3 Å². The van der Waals surface area contributed by atoms with Crippen LogP contribution >= 0.6 is 0 Å². The number of hydrogen-bond donors (Lipinski definition) is 2. The third kappa shape index (κ3) is 4.00. The molecule has 6 heteroatoms. The molecule has 1 aliphatic heterocycles. The number of piperidine rings is 1. The highest BCUT2D eigenvalue weighted by atomic mass is 16.4. The van der Waals surface area contributed by atoms with Gasteiger partial charge in [-0.05, 0) is 62.8 Å². The zero-order valence-electron chi connectivity index (χ0n) is 15.7. The van der Waals surface area contributed by atoms with E-state index in [1.54, 1.807) is 19.1 Å². The lowest BCUT2D eigenvalue weighted by Gasteiger charge is -2.32. The minimum Gasteiger partial charge on any atom is -0.508 e. The Balaban J connectivity index is 1.50. The van der Waals surface area contributed by atoms with E-state index in [2.05, 4.69) is 10.2 Å². The molecule has 1 aromatic heterocycles. The van der Waals surface area contributed by atoms with Crippen molar-refractivity contribution in [3.63, 3.8) is 0 Å². The number of phenols is 1. The monoisotopic (exact) mass is 370 g/mol. The van der Waals surface area contributed by atoms with E-state index in [-0.39, 0.29) is 17.6 Å². The second-order valence-corrected chi connectivity index (χ2v) is 7.94. The first-order chi connectivity index (χ1) is 13.0. The molecule has 1 amide bonds. The van der Waals surface area contributed by atoms with Gasteiger partial charge in [-0.1, -0.05) is 0 Å². The number of benzene rings is 1. The molecule has 1 aromatic carbocycles. The van der Waals surface area contributed by atoms with Crippen LogP contribution in [-0.4, -0.2) is 35.5 Å². The van der Waals surface area contributed by atoms with E-state index in [0.29, 0.717) is 30.2 Å². The van der Waals surface area contributed by atoms with E-state index in [4.69, 9.17) is 4.42 Å². The molecule has 2 N–H and O–H groups in total. The quantitative estimate of drug-likeness (QED) is 0.791. The van der Waals surface area contributed by atoms with Crippen molar-refractivity contribution in [1.82, 2.24) is 10.2 Å². The van der Waals surface area contributed by atoms with Crippen LogP contribution in [0.1, 0.15) is 36.8 Å². The lowest BCUT2D eigenvalue weighted by Crippen LogP contribution is -2.43. The van der Waals surface area contributed by atoms with Crippen molar-refractivity contribution < 1.29 is 14.3 Å². The van der Waals surface area contributed by atoms with Crippen molar-refractivity contribution >= 4 is 16.9 Å². The molecule has 2 fully saturated rings. The third-order valence-electron chi connectivity index (χ3n) is 5.75. The molecule has 0 bridgehead atoms. The van der Waals surface area contributed by atoms with E-state index in [0.717, 1.165) is 36.9 Å². The Bertz CT molecular complexity index is 916. The maximum Gasteiger partial charge on any atom is 0.336 e. The molecular formula is C21H26N2O4. The Kier molecular flexibility index (Phi) is 4.91. The number of rotatable bonds is 5. The van der Waals surface area contributed by atoms with Crippen LogP contribution in [0, 0.1) is 18.8 Å². The molecule has 144 valence electrons. The van der Waals surface area contributed by atoms with Gasteiger partial charge in [-0.25, -0.2) is 4.79 Å². The molecule has 2 heterocycles. The van der Waals surface area contributed by atoms with Gasteiger partial charge >= 0.3 is 5.63 Å². The summed E-state index contributed by atoms with van der Waals surface area (Å²) in [6.45, 7) is 4.76. The Hall–Kier alpha value is -2.34. The van der Waals surface area contributed by atoms with Gasteiger partial charge < -0.3 is 14.8 Å². The summed E-state index contributed by atoms with van der Waals surface area (Å²) in [4.78, 5) is 26.7. The summed E-state index contributed by atoms with van der Waals surface area (Å²) < 4.78 is 5.32. The molecule has 27 heavy (non-hydrogen) atoms. The third-order valence-corrected chi connectivity index (χ3v) is 5.75. The first kappa shape index (κ1) is 18.0. The summed E-state index contributed by atoms with van der Waals surface area (Å²) in [6.07, 6.45) is 4.35. The molecule has 2 aromatic rings. The van der Waals surface area contributed by atoms with Gasteiger partial charge in [0.15, 0.2) is 0 Å². The fourth-order valence-corrected chi connectivity index (χ4v) is 3.91. The summed E-state index contributed by atoms with van der Waals surface area (Å²) in [5.74, 6) is 0.968. The Morgan fingerprint density at radius 1 is 1.33 bits per heavy atom. The highest BCUT2D eigenvalue weighted by Gasteiger charge is 2.28. The van der Waals surface area contributed by atoms with Crippen molar-refractivity contribution in [2.24, 2.45) is 11.8 Å². The van der Waals surface area contributed by atoms with Crippen LogP contribution in [0.3, 0.4) is 0 Å². The second-order valence-electron chi connectivity index (χ2n) is 7.94. The second kappa shape index (κ2) is 7.35. The number of likely N-dealkylation sites (tertiary alicyclic amines) is 1. The Labute approximate surface area is 158 Å². The van der Waals surface area contributed by atoms with Crippen molar-refractivity contribution in [3.05, 3.63) is 39.7 Å². The molecule has 0 spiro atoms. The summed E-state index contributed by atoms with van der Waals surface area (Å²) in [7, 11) is 0. The SMILES string of the molecule is Cc1c(O)ccc2c(CN3CCCC(C(=O)NCC4CC4)C3)cc(=O)oc12. The number of amides is 1. The fraction of sp³-hybridized carbons (Fsp3) is 0.524. The van der Waals surface area contributed by atoms with Crippen molar-refractivity contribution in [1.29, 1.82) is 0 Å². The number of carbonyl (C=O) groups is 1. The molecular weight excluding hydrogens is 344 g/mol. The largest absolute Gasteiger partial charge is 0.508 e. The van der Waals surface area contributed by atoms with Gasteiger partial charge in [0.2, 0.25) is 5.91 Å². The molecule has 0 radical (unpaired) electrons. The topological polar surface area (TPSA) is 82.8 Å². The maximum absolute atomic E-state index is 12.4. The first-order valence-corrected chi connectivity index (χ1v) is 9.76. The highest BCUT2D eigenvalue weighted by molar-refractivity contribution is 5.84. The van der Waals surface area contributed by atoms with Gasteiger partial charge in [0.25, 0.3) is 0 Å². The number of carbonyl (C=O) groups excluding carboxylic acids is 1. The predicted octanol–water partition coefficient (Wildman–Crippen LogP) is 2.55. The molecule has 1 aliphatic carbocycles. The van der Waals surface area contributed by atoms with Gasteiger partial charge in [-0.3, -0.25) is 9.69 Å². The average molecular weight is 370 g/mol. The zero-order chi connectivity index (χ0) is 19.0. The summed E-state index contributed by atoms with van der Waals surface area (Å²) in [5, 5.41) is 13.8. The summed E-state index contributed by atoms with van der Waals surface area (Å²) >= 11 is 0. The maximum atomic E-state index is 12.4. The Morgan fingerprint density at radius 2 is 2.15 bits per heavy atom. The van der Waals surface area contributed by atoms with Crippen LogP contribution in [0.5, 0.6) is 5.75 Å². The highest BCUT2D eigenvalue weighted by Crippen LogP contribution is 2.29. The average Bonchev–Trinajstić information content (AvgIpc) is 3.48. The summed E-state index contributed by atoms with van der Waals surface area (Å²) in [6, 6.07) is 4.95. The van der Waals surface area contributed by atoms with Crippen molar-refractivity contribution in [2.75, 3.05) is 19.6 Å². The molecule has 1 saturated carbocycles. The number of nitrogens with one attached hydrogen (secondary N) is 1. The standard InChI is InChI=1S/C21H26N2O4/c1-13-18(24)7-6-17-16(9-19(25)27-20(13)17)12-23-8-2-3-15(11-23)21(26)22-10-14-4-5-14/h6-7,9,14-15,24H,2-5,8,10-12H2,1H3,(H,22,26). The molecule has 1 atom stereocenters. The van der Waals surface area contributed by atoms with Crippen molar-refractivity contribution in [2.45, 2.75) is 39.2 Å². The van der Waals surface area contributed by atoms with Crippen LogP contribution in [0.25, 0.3) is 11.0 Å². The molecule has 1 saturated heterocycles. The normalized spacial score (nSPS) is 20.7.